The molecule has 0 atom stereocenters. The van der Waals surface area contributed by atoms with Gasteiger partial charge in [-0.3, -0.25) is 4.79 Å². The molecule has 0 bridgehead atoms. The minimum Gasteiger partial charge on any atom is -0.476 e. The van der Waals surface area contributed by atoms with E-state index in [2.05, 4.69) is 4.98 Å². The molecule has 1 aromatic carbocycles. The van der Waals surface area contributed by atoms with Crippen LogP contribution in [-0.2, 0) is 0 Å². The highest BCUT2D eigenvalue weighted by Crippen LogP contribution is 2.18. The lowest BCUT2D eigenvalue weighted by Gasteiger charge is -2.19. The smallest absolute Gasteiger partial charge is 0.355 e. The van der Waals surface area contributed by atoms with Crippen LogP contribution in [-0.4, -0.2) is 28.5 Å². The third-order valence-electron chi connectivity index (χ3n) is 2.54. The van der Waals surface area contributed by atoms with Crippen LogP contribution in [0, 0.1) is 0 Å². The van der Waals surface area contributed by atoms with Gasteiger partial charge in [-0.2, -0.15) is 0 Å². The SMILES string of the molecule is CCN(C(=O)c1nc(C(=O)O)cs1)c1ccccc1. The molecular formula is C13H12N2O3S. The standard InChI is InChI=1S/C13H12N2O3S/c1-2-15(9-6-4-3-5-7-9)12(16)11-14-10(8-19-11)13(17)18/h3-8H,2H2,1H3,(H,17,18). The van der Waals surface area contributed by atoms with Crippen LogP contribution in [0.25, 0.3) is 0 Å². The summed E-state index contributed by atoms with van der Waals surface area (Å²) >= 11 is 1.04. The highest BCUT2D eigenvalue weighted by atomic mass is 32.1. The maximum Gasteiger partial charge on any atom is 0.355 e. The van der Waals surface area contributed by atoms with Crippen molar-refractivity contribution in [2.24, 2.45) is 0 Å². The first-order chi connectivity index (χ1) is 9.13. The summed E-state index contributed by atoms with van der Waals surface area (Å²) in [5.74, 6) is -1.41. The summed E-state index contributed by atoms with van der Waals surface area (Å²) in [4.78, 5) is 28.5. The van der Waals surface area contributed by atoms with Gasteiger partial charge in [0.2, 0.25) is 0 Å². The Bertz CT molecular complexity index is 595. The van der Waals surface area contributed by atoms with Crippen molar-refractivity contribution < 1.29 is 14.7 Å². The summed E-state index contributed by atoms with van der Waals surface area (Å²) in [5, 5.41) is 10.4. The highest BCUT2D eigenvalue weighted by Gasteiger charge is 2.20. The molecule has 0 spiro atoms. The molecule has 1 amide bonds. The topological polar surface area (TPSA) is 70.5 Å². The molecule has 0 aliphatic carbocycles. The number of thiazole rings is 1. The number of amides is 1. The maximum absolute atomic E-state index is 12.3. The number of carbonyl (C=O) groups excluding carboxylic acids is 1. The number of carboxylic acids is 1. The molecule has 0 unspecified atom stereocenters. The number of para-hydroxylation sites is 1. The number of anilines is 1. The zero-order valence-corrected chi connectivity index (χ0v) is 11.1. The Morgan fingerprint density at radius 3 is 2.53 bits per heavy atom. The Labute approximate surface area is 114 Å². The monoisotopic (exact) mass is 276 g/mol. The van der Waals surface area contributed by atoms with Crippen LogP contribution in [0.15, 0.2) is 35.7 Å². The third-order valence-corrected chi connectivity index (χ3v) is 3.37. The minimum atomic E-state index is -1.13. The van der Waals surface area contributed by atoms with Crippen LogP contribution in [0.1, 0.15) is 27.2 Å². The predicted octanol–water partition coefficient (Wildman–Crippen LogP) is 2.51. The molecule has 2 aromatic rings. The van der Waals surface area contributed by atoms with Gasteiger partial charge in [-0.25, -0.2) is 9.78 Å². The van der Waals surface area contributed by atoms with Gasteiger partial charge in [0.05, 0.1) is 0 Å². The van der Waals surface area contributed by atoms with Crippen molar-refractivity contribution in [2.45, 2.75) is 6.92 Å². The van der Waals surface area contributed by atoms with Crippen LogP contribution >= 0.6 is 11.3 Å². The first kappa shape index (κ1) is 13.2. The van der Waals surface area contributed by atoms with Crippen molar-refractivity contribution in [1.29, 1.82) is 0 Å². The van der Waals surface area contributed by atoms with Gasteiger partial charge in [-0.1, -0.05) is 18.2 Å². The fraction of sp³-hybridized carbons (Fsp3) is 0.154. The van der Waals surface area contributed by atoms with Crippen LogP contribution in [0.3, 0.4) is 0 Å². The number of carboxylic acid groups (broad SMARTS) is 1. The lowest BCUT2D eigenvalue weighted by Crippen LogP contribution is -2.30. The van der Waals surface area contributed by atoms with E-state index >= 15 is 0 Å². The normalized spacial score (nSPS) is 10.2. The molecule has 6 heteroatoms. The van der Waals surface area contributed by atoms with Gasteiger partial charge in [0, 0.05) is 17.6 Å². The average molecular weight is 276 g/mol. The molecule has 5 nitrogen and oxygen atoms in total. The summed E-state index contributed by atoms with van der Waals surface area (Å²) in [6.07, 6.45) is 0. The molecule has 0 saturated heterocycles. The van der Waals surface area contributed by atoms with Crippen molar-refractivity contribution in [3.05, 3.63) is 46.4 Å². The van der Waals surface area contributed by atoms with Crippen molar-refractivity contribution in [3.8, 4) is 0 Å². The van der Waals surface area contributed by atoms with E-state index < -0.39 is 5.97 Å². The van der Waals surface area contributed by atoms with E-state index in [-0.39, 0.29) is 16.6 Å². The van der Waals surface area contributed by atoms with Crippen molar-refractivity contribution in [3.63, 3.8) is 0 Å². The Kier molecular flexibility index (Phi) is 3.91. The lowest BCUT2D eigenvalue weighted by atomic mass is 10.3. The maximum atomic E-state index is 12.3. The molecule has 0 aliphatic rings. The number of hydrogen-bond donors (Lipinski definition) is 1. The molecule has 98 valence electrons. The number of aromatic nitrogens is 1. The van der Waals surface area contributed by atoms with E-state index in [0.29, 0.717) is 6.54 Å². The van der Waals surface area contributed by atoms with Gasteiger partial charge in [0.25, 0.3) is 5.91 Å². The second kappa shape index (κ2) is 5.62. The third kappa shape index (κ3) is 2.79. The molecule has 0 saturated carbocycles. The number of rotatable bonds is 4. The summed E-state index contributed by atoms with van der Waals surface area (Å²) in [7, 11) is 0. The van der Waals surface area contributed by atoms with E-state index in [1.807, 2.05) is 37.3 Å². The Morgan fingerprint density at radius 2 is 2.00 bits per heavy atom. The Hall–Kier alpha value is -2.21. The van der Waals surface area contributed by atoms with Crippen molar-refractivity contribution in [2.75, 3.05) is 11.4 Å². The number of benzene rings is 1. The van der Waals surface area contributed by atoms with Gasteiger partial charge >= 0.3 is 5.97 Å². The first-order valence-corrected chi connectivity index (χ1v) is 6.57. The second-order valence-corrected chi connectivity index (χ2v) is 4.59. The Morgan fingerprint density at radius 1 is 1.32 bits per heavy atom. The number of aromatic carboxylic acids is 1. The molecule has 1 heterocycles. The number of carbonyl (C=O) groups is 2. The molecule has 1 N–H and O–H groups in total. The van der Waals surface area contributed by atoms with Crippen molar-refractivity contribution in [1.82, 2.24) is 4.98 Å². The van der Waals surface area contributed by atoms with Gasteiger partial charge in [-0.15, -0.1) is 11.3 Å². The van der Waals surface area contributed by atoms with Gasteiger partial charge in [0.1, 0.15) is 0 Å². The van der Waals surface area contributed by atoms with Gasteiger partial charge < -0.3 is 10.0 Å². The molecule has 0 aliphatic heterocycles. The van der Waals surface area contributed by atoms with E-state index in [1.165, 1.54) is 5.38 Å². The number of hydrogen-bond acceptors (Lipinski definition) is 4. The fourth-order valence-corrected chi connectivity index (χ4v) is 2.38. The highest BCUT2D eigenvalue weighted by molar-refractivity contribution is 7.12. The fourth-order valence-electron chi connectivity index (χ4n) is 1.64. The molecule has 0 radical (unpaired) electrons. The molecule has 2 rings (SSSR count). The van der Waals surface area contributed by atoms with Crippen LogP contribution in [0.5, 0.6) is 0 Å². The van der Waals surface area contributed by atoms with E-state index in [4.69, 9.17) is 5.11 Å². The summed E-state index contributed by atoms with van der Waals surface area (Å²) in [6, 6.07) is 9.21. The van der Waals surface area contributed by atoms with E-state index in [1.54, 1.807) is 4.90 Å². The van der Waals surface area contributed by atoms with E-state index in [9.17, 15) is 9.59 Å². The molecule has 0 fully saturated rings. The zero-order chi connectivity index (χ0) is 13.8. The molecule has 19 heavy (non-hydrogen) atoms. The second-order valence-electron chi connectivity index (χ2n) is 3.73. The van der Waals surface area contributed by atoms with Gasteiger partial charge in [-0.05, 0) is 19.1 Å². The Balaban J connectivity index is 2.28. The van der Waals surface area contributed by atoms with Crippen LogP contribution < -0.4 is 4.90 Å². The van der Waals surface area contributed by atoms with Gasteiger partial charge in [0.15, 0.2) is 10.7 Å². The van der Waals surface area contributed by atoms with E-state index in [0.717, 1.165) is 17.0 Å². The van der Waals surface area contributed by atoms with Crippen molar-refractivity contribution >= 4 is 28.9 Å². The molecular weight excluding hydrogens is 264 g/mol. The van der Waals surface area contributed by atoms with Crippen LogP contribution in [0.4, 0.5) is 5.69 Å². The first-order valence-electron chi connectivity index (χ1n) is 5.69. The predicted molar refractivity (Wildman–Crippen MR) is 72.9 cm³/mol. The average Bonchev–Trinajstić information content (AvgIpc) is 2.90. The summed E-state index contributed by atoms with van der Waals surface area (Å²) < 4.78 is 0. The summed E-state index contributed by atoms with van der Waals surface area (Å²) in [6.45, 7) is 2.35. The summed E-state index contributed by atoms with van der Waals surface area (Å²) in [5.41, 5.74) is 0.666. The largest absolute Gasteiger partial charge is 0.476 e. The number of nitrogens with zero attached hydrogens (tertiary/aromatic N) is 2. The lowest BCUT2D eigenvalue weighted by molar-refractivity contribution is 0.0691. The zero-order valence-electron chi connectivity index (χ0n) is 10.2. The molecule has 1 aromatic heterocycles. The van der Waals surface area contributed by atoms with Crippen LogP contribution in [0.2, 0.25) is 0 Å². The quantitative estimate of drug-likeness (QED) is 0.931. The minimum absolute atomic E-state index is 0.0996.